The first kappa shape index (κ1) is 33.8. The summed E-state index contributed by atoms with van der Waals surface area (Å²) in [7, 11) is -3.98. The maximum absolute atomic E-state index is 12.8. The van der Waals surface area contributed by atoms with Crippen LogP contribution in [0.1, 0.15) is 61.7 Å². The van der Waals surface area contributed by atoms with Crippen LogP contribution in [0.15, 0.2) is 41.4 Å². The molecular formula is C30H40Cl2N4O5S2. The summed E-state index contributed by atoms with van der Waals surface area (Å²) in [5.41, 5.74) is 0.582. The molecule has 2 aliphatic heterocycles. The van der Waals surface area contributed by atoms with Gasteiger partial charge in [-0.25, -0.2) is 13.4 Å². The summed E-state index contributed by atoms with van der Waals surface area (Å²) >= 11 is 13.5. The quantitative estimate of drug-likeness (QED) is 0.274. The number of aliphatic carboxylic acids is 1. The van der Waals surface area contributed by atoms with E-state index in [0.29, 0.717) is 33.2 Å². The normalized spacial score (nSPS) is 17.7. The number of carbonyl (C=O) groups is 2. The van der Waals surface area contributed by atoms with Crippen molar-refractivity contribution in [2.75, 3.05) is 43.1 Å². The van der Waals surface area contributed by atoms with Crippen LogP contribution in [0.5, 0.6) is 0 Å². The molecule has 1 unspecified atom stereocenters. The molecular weight excluding hydrogens is 631 g/mol. The molecule has 2 N–H and O–H groups in total. The van der Waals surface area contributed by atoms with Gasteiger partial charge in [0.1, 0.15) is 16.8 Å². The molecule has 2 fully saturated rings. The summed E-state index contributed by atoms with van der Waals surface area (Å²) in [5, 5.41) is 10.2. The minimum atomic E-state index is -3.98. The van der Waals surface area contributed by atoms with Gasteiger partial charge in [-0.2, -0.15) is 16.5 Å². The van der Waals surface area contributed by atoms with Crippen molar-refractivity contribution in [1.82, 2.24) is 14.6 Å². The molecule has 2 aliphatic rings. The number of hydrogen-bond acceptors (Lipinski definition) is 7. The Balaban J connectivity index is 1.16. The smallest absolute Gasteiger partial charge is 0.321 e. The molecule has 236 valence electrons. The summed E-state index contributed by atoms with van der Waals surface area (Å²) in [6, 6.07) is 7.06. The molecule has 1 atom stereocenters. The zero-order chi connectivity index (χ0) is 31.0. The number of halogens is 2. The Morgan fingerprint density at radius 1 is 1.02 bits per heavy atom. The predicted octanol–water partition coefficient (Wildman–Crippen LogP) is 5.81. The SMILES string of the molecule is CSCCC(NS(=O)(=O)c1ccc(N2CCC(CCCC3CCN(C(=O)c4ccc(Cl)c(Cl)c4)CC3)CC2)nc1)C(=O)O. The lowest BCUT2D eigenvalue weighted by Crippen LogP contribution is -2.41. The van der Waals surface area contributed by atoms with Gasteiger partial charge in [0.05, 0.1) is 10.0 Å². The van der Waals surface area contributed by atoms with E-state index in [1.54, 1.807) is 24.3 Å². The number of nitrogens with zero attached hydrogens (tertiary/aromatic N) is 3. The van der Waals surface area contributed by atoms with E-state index in [4.69, 9.17) is 23.2 Å². The first-order valence-electron chi connectivity index (χ1n) is 14.8. The lowest BCUT2D eigenvalue weighted by Gasteiger charge is -2.34. The molecule has 0 aliphatic carbocycles. The average Bonchev–Trinajstić information content (AvgIpc) is 3.01. The Kier molecular flexibility index (Phi) is 12.4. The summed E-state index contributed by atoms with van der Waals surface area (Å²) < 4.78 is 27.7. The van der Waals surface area contributed by atoms with Crippen LogP contribution >= 0.6 is 35.0 Å². The molecule has 0 spiro atoms. The minimum absolute atomic E-state index is 0.0136. The highest BCUT2D eigenvalue weighted by Gasteiger charge is 2.27. The second-order valence-electron chi connectivity index (χ2n) is 11.4. The zero-order valence-corrected chi connectivity index (χ0v) is 27.5. The van der Waals surface area contributed by atoms with Crippen LogP contribution < -0.4 is 9.62 Å². The third-order valence-electron chi connectivity index (χ3n) is 8.47. The van der Waals surface area contributed by atoms with Gasteiger partial charge in [0.25, 0.3) is 5.91 Å². The Morgan fingerprint density at radius 2 is 1.67 bits per heavy atom. The molecule has 0 saturated carbocycles. The third-order valence-corrected chi connectivity index (χ3v) is 11.3. The highest BCUT2D eigenvalue weighted by molar-refractivity contribution is 7.98. The Hall–Kier alpha value is -2.05. The fourth-order valence-corrected chi connectivity index (χ4v) is 7.76. The number of piperidine rings is 2. The number of carbonyl (C=O) groups excluding carboxylic acids is 1. The van der Waals surface area contributed by atoms with Crippen molar-refractivity contribution < 1.29 is 23.1 Å². The van der Waals surface area contributed by atoms with E-state index in [9.17, 15) is 23.1 Å². The lowest BCUT2D eigenvalue weighted by molar-refractivity contribution is -0.139. The van der Waals surface area contributed by atoms with Crippen molar-refractivity contribution in [3.8, 4) is 0 Å². The standard InChI is InChI=1S/C30H40Cl2N4O5S2/c1-42-18-13-27(30(38)39)34-43(40,41)24-6-8-28(33-20-24)35-14-9-21(10-15-35)3-2-4-22-11-16-36(17-12-22)29(37)23-5-7-25(31)26(32)19-23/h5-8,19-22,27,34H,2-4,9-18H2,1H3,(H,38,39). The molecule has 0 bridgehead atoms. The van der Waals surface area contributed by atoms with E-state index in [0.717, 1.165) is 57.7 Å². The molecule has 1 amide bonds. The largest absolute Gasteiger partial charge is 0.480 e. The zero-order valence-electron chi connectivity index (χ0n) is 24.4. The minimum Gasteiger partial charge on any atom is -0.480 e. The van der Waals surface area contributed by atoms with Gasteiger partial charge in [-0.15, -0.1) is 0 Å². The monoisotopic (exact) mass is 670 g/mol. The summed E-state index contributed by atoms with van der Waals surface area (Å²) in [4.78, 5) is 32.8. The number of nitrogens with one attached hydrogen (secondary N) is 1. The van der Waals surface area contributed by atoms with Crippen LogP contribution in [0.2, 0.25) is 10.0 Å². The molecule has 0 radical (unpaired) electrons. The summed E-state index contributed by atoms with van der Waals surface area (Å²) in [6.45, 7) is 3.27. The number of likely N-dealkylation sites (tertiary alicyclic amines) is 1. The van der Waals surface area contributed by atoms with Gasteiger partial charge in [-0.3, -0.25) is 9.59 Å². The highest BCUT2D eigenvalue weighted by atomic mass is 35.5. The van der Waals surface area contributed by atoms with Crippen LogP contribution in [-0.2, 0) is 14.8 Å². The lowest BCUT2D eigenvalue weighted by atomic mass is 9.86. The number of hydrogen-bond donors (Lipinski definition) is 2. The maximum atomic E-state index is 12.8. The Bertz CT molecular complexity index is 1350. The third kappa shape index (κ3) is 9.47. The fourth-order valence-electron chi connectivity index (χ4n) is 5.82. The molecule has 1 aromatic carbocycles. The number of anilines is 1. The molecule has 2 saturated heterocycles. The number of aromatic nitrogens is 1. The van der Waals surface area contributed by atoms with Crippen molar-refractivity contribution in [3.63, 3.8) is 0 Å². The first-order chi connectivity index (χ1) is 20.6. The van der Waals surface area contributed by atoms with E-state index in [1.807, 2.05) is 11.2 Å². The molecule has 1 aromatic heterocycles. The van der Waals surface area contributed by atoms with E-state index < -0.39 is 22.0 Å². The number of carboxylic acid groups (broad SMARTS) is 1. The van der Waals surface area contributed by atoms with Crippen molar-refractivity contribution in [2.45, 2.75) is 62.3 Å². The van der Waals surface area contributed by atoms with Gasteiger partial charge >= 0.3 is 5.97 Å². The van der Waals surface area contributed by atoms with E-state index in [-0.39, 0.29) is 17.2 Å². The number of sulfonamides is 1. The van der Waals surface area contributed by atoms with Crippen molar-refractivity contribution in [1.29, 1.82) is 0 Å². The highest BCUT2D eigenvalue weighted by Crippen LogP contribution is 2.30. The number of amides is 1. The van der Waals surface area contributed by atoms with Crippen LogP contribution in [0.25, 0.3) is 0 Å². The molecule has 43 heavy (non-hydrogen) atoms. The fraction of sp³-hybridized carbons (Fsp3) is 0.567. The Morgan fingerprint density at radius 3 is 2.23 bits per heavy atom. The van der Waals surface area contributed by atoms with Gasteiger partial charge < -0.3 is 14.9 Å². The molecule has 13 heteroatoms. The number of carboxylic acids is 1. The predicted molar refractivity (Wildman–Crippen MR) is 173 cm³/mol. The van der Waals surface area contributed by atoms with Gasteiger partial charge in [0, 0.05) is 37.9 Å². The number of pyridine rings is 1. The van der Waals surface area contributed by atoms with E-state index >= 15 is 0 Å². The second-order valence-corrected chi connectivity index (χ2v) is 14.9. The second kappa shape index (κ2) is 15.8. The van der Waals surface area contributed by atoms with Gasteiger partial charge in [0.2, 0.25) is 10.0 Å². The van der Waals surface area contributed by atoms with Gasteiger partial charge in [0.15, 0.2) is 0 Å². The summed E-state index contributed by atoms with van der Waals surface area (Å²) in [5.74, 6) is 1.39. The number of benzene rings is 1. The van der Waals surface area contributed by atoms with Crippen molar-refractivity contribution >= 4 is 62.7 Å². The maximum Gasteiger partial charge on any atom is 0.321 e. The first-order valence-corrected chi connectivity index (χ1v) is 18.4. The van der Waals surface area contributed by atoms with Crippen molar-refractivity contribution in [2.24, 2.45) is 11.8 Å². The topological polar surface area (TPSA) is 120 Å². The Labute approximate surface area is 268 Å². The van der Waals surface area contributed by atoms with Crippen molar-refractivity contribution in [3.05, 3.63) is 52.1 Å². The van der Waals surface area contributed by atoms with Gasteiger partial charge in [-0.1, -0.05) is 42.5 Å². The van der Waals surface area contributed by atoms with Crippen LogP contribution in [0, 0.1) is 11.8 Å². The van der Waals surface area contributed by atoms with E-state index in [2.05, 4.69) is 14.6 Å². The molecule has 2 aromatic rings. The number of rotatable bonds is 13. The van der Waals surface area contributed by atoms with Crippen LogP contribution in [-0.4, -0.2) is 79.5 Å². The average molecular weight is 672 g/mol. The molecule has 4 rings (SSSR count). The van der Waals surface area contributed by atoms with E-state index in [1.165, 1.54) is 43.3 Å². The van der Waals surface area contributed by atoms with Gasteiger partial charge in [-0.05, 0) is 86.3 Å². The molecule has 9 nitrogen and oxygen atoms in total. The van der Waals surface area contributed by atoms with Crippen LogP contribution in [0.3, 0.4) is 0 Å². The molecule has 3 heterocycles. The number of thioether (sulfide) groups is 1. The summed E-state index contributed by atoms with van der Waals surface area (Å²) in [6.07, 6.45) is 11.1. The van der Waals surface area contributed by atoms with Crippen LogP contribution in [0.4, 0.5) is 5.82 Å².